The maximum absolute atomic E-state index is 9.70. The molecule has 0 heterocycles. The van der Waals surface area contributed by atoms with Gasteiger partial charge in [-0.05, 0) is 30.6 Å². The van der Waals surface area contributed by atoms with Gasteiger partial charge in [0.2, 0.25) is 0 Å². The van der Waals surface area contributed by atoms with Crippen LogP contribution in [0, 0.1) is 0 Å². The van der Waals surface area contributed by atoms with Crippen LogP contribution in [0.2, 0.25) is 18.1 Å². The summed E-state index contributed by atoms with van der Waals surface area (Å²) >= 11 is 0. The number of aliphatic hydroxyl groups is 1. The molecule has 0 aliphatic rings. The van der Waals surface area contributed by atoms with E-state index in [-0.39, 0.29) is 5.04 Å². The van der Waals surface area contributed by atoms with Gasteiger partial charge in [-0.3, -0.25) is 0 Å². The van der Waals surface area contributed by atoms with Crippen molar-refractivity contribution in [2.75, 3.05) is 6.61 Å². The van der Waals surface area contributed by atoms with Gasteiger partial charge in [0.15, 0.2) is 8.32 Å². The molecule has 0 aromatic heterocycles. The second kappa shape index (κ2) is 5.13. The lowest BCUT2D eigenvalue weighted by atomic mass is 10.2. The SMILES string of the molecule is C=C=C(C)C(O)CO[Si](C)(C)C(C)(C)C. The summed E-state index contributed by atoms with van der Waals surface area (Å²) in [6.07, 6.45) is -0.573. The molecule has 0 aliphatic carbocycles. The molecule has 0 rings (SSSR count). The highest BCUT2D eigenvalue weighted by Gasteiger charge is 2.37. The van der Waals surface area contributed by atoms with Gasteiger partial charge in [-0.1, -0.05) is 27.4 Å². The third-order valence-electron chi connectivity index (χ3n) is 3.19. The summed E-state index contributed by atoms with van der Waals surface area (Å²) < 4.78 is 5.88. The molecule has 88 valence electrons. The van der Waals surface area contributed by atoms with E-state index in [0.717, 1.165) is 5.57 Å². The van der Waals surface area contributed by atoms with Crippen molar-refractivity contribution in [3.63, 3.8) is 0 Å². The van der Waals surface area contributed by atoms with Gasteiger partial charge in [-0.15, -0.1) is 5.73 Å². The molecule has 1 atom stereocenters. The summed E-state index contributed by atoms with van der Waals surface area (Å²) in [6.45, 7) is 16.6. The van der Waals surface area contributed by atoms with Gasteiger partial charge >= 0.3 is 0 Å². The highest BCUT2D eigenvalue weighted by molar-refractivity contribution is 6.74. The molecule has 1 unspecified atom stereocenters. The van der Waals surface area contributed by atoms with E-state index in [1.54, 1.807) is 0 Å². The molecule has 0 saturated heterocycles. The molecule has 0 amide bonds. The van der Waals surface area contributed by atoms with Crippen LogP contribution < -0.4 is 0 Å². The largest absolute Gasteiger partial charge is 0.414 e. The van der Waals surface area contributed by atoms with Crippen LogP contribution in [0.5, 0.6) is 0 Å². The van der Waals surface area contributed by atoms with Gasteiger partial charge < -0.3 is 9.53 Å². The Morgan fingerprint density at radius 2 is 1.93 bits per heavy atom. The van der Waals surface area contributed by atoms with Crippen LogP contribution in [-0.2, 0) is 4.43 Å². The predicted octanol–water partition coefficient (Wildman–Crippen LogP) is 3.10. The van der Waals surface area contributed by atoms with Crippen LogP contribution in [0.4, 0.5) is 0 Å². The minimum absolute atomic E-state index is 0.179. The summed E-state index contributed by atoms with van der Waals surface area (Å²) in [7, 11) is -1.75. The molecule has 1 N–H and O–H groups in total. The molecule has 0 fully saturated rings. The lowest BCUT2D eigenvalue weighted by molar-refractivity contribution is 0.127. The Morgan fingerprint density at radius 1 is 1.47 bits per heavy atom. The van der Waals surface area contributed by atoms with Crippen LogP contribution in [0.25, 0.3) is 0 Å². The molecule has 0 radical (unpaired) electrons. The average molecular weight is 228 g/mol. The second-order valence-corrected chi connectivity index (χ2v) is 10.3. The van der Waals surface area contributed by atoms with Gasteiger partial charge in [0.25, 0.3) is 0 Å². The number of hydrogen-bond acceptors (Lipinski definition) is 2. The van der Waals surface area contributed by atoms with E-state index in [1.165, 1.54) is 0 Å². The van der Waals surface area contributed by atoms with Gasteiger partial charge in [0, 0.05) is 0 Å². The van der Waals surface area contributed by atoms with Gasteiger partial charge in [0.05, 0.1) is 6.61 Å². The predicted molar refractivity (Wildman–Crippen MR) is 67.5 cm³/mol. The molecule has 0 aromatic carbocycles. The first-order valence-electron chi connectivity index (χ1n) is 5.30. The van der Waals surface area contributed by atoms with Crippen LogP contribution in [0.3, 0.4) is 0 Å². The first kappa shape index (κ1) is 14.7. The topological polar surface area (TPSA) is 29.5 Å². The van der Waals surface area contributed by atoms with Crippen LogP contribution in [-0.4, -0.2) is 26.1 Å². The number of hydrogen-bond donors (Lipinski definition) is 1. The zero-order valence-electron chi connectivity index (χ0n) is 10.8. The van der Waals surface area contributed by atoms with E-state index < -0.39 is 14.4 Å². The third-order valence-corrected chi connectivity index (χ3v) is 7.69. The fourth-order valence-corrected chi connectivity index (χ4v) is 1.75. The van der Waals surface area contributed by atoms with Crippen LogP contribution >= 0.6 is 0 Å². The first-order valence-corrected chi connectivity index (χ1v) is 8.21. The lowest BCUT2D eigenvalue weighted by Gasteiger charge is -2.36. The number of aliphatic hydroxyl groups excluding tert-OH is 1. The summed E-state index contributed by atoms with van der Waals surface area (Å²) in [5.41, 5.74) is 3.44. The molecule has 3 heteroatoms. The molecular formula is C12H24O2Si. The summed E-state index contributed by atoms with van der Waals surface area (Å²) in [5, 5.41) is 9.88. The van der Waals surface area contributed by atoms with E-state index in [0.29, 0.717) is 6.61 Å². The van der Waals surface area contributed by atoms with Crippen molar-refractivity contribution < 1.29 is 9.53 Å². The lowest BCUT2D eigenvalue weighted by Crippen LogP contribution is -2.42. The Bertz CT molecular complexity index is 257. The van der Waals surface area contributed by atoms with Crippen molar-refractivity contribution in [2.24, 2.45) is 0 Å². The quantitative estimate of drug-likeness (QED) is 0.592. The van der Waals surface area contributed by atoms with Crippen molar-refractivity contribution >= 4 is 8.32 Å². The maximum atomic E-state index is 9.70. The van der Waals surface area contributed by atoms with Crippen molar-refractivity contribution in [1.29, 1.82) is 0 Å². The summed E-state index contributed by atoms with van der Waals surface area (Å²) in [6, 6.07) is 0. The number of rotatable bonds is 4. The molecule has 0 aliphatic heterocycles. The second-order valence-electron chi connectivity index (χ2n) is 5.45. The molecular weight excluding hydrogens is 204 g/mol. The zero-order valence-corrected chi connectivity index (χ0v) is 11.8. The molecule has 2 nitrogen and oxygen atoms in total. The first-order chi connectivity index (χ1) is 6.62. The Kier molecular flexibility index (Phi) is 5.01. The molecule has 0 saturated carbocycles. The molecule has 0 spiro atoms. The van der Waals surface area contributed by atoms with Crippen molar-refractivity contribution in [1.82, 2.24) is 0 Å². The van der Waals surface area contributed by atoms with Crippen LogP contribution in [0.1, 0.15) is 27.7 Å². The standard InChI is InChI=1S/C12H24O2Si/c1-8-10(2)11(13)9-14-15(6,7)12(3,4)5/h11,13H,1,9H2,2-7H3. The summed E-state index contributed by atoms with van der Waals surface area (Å²) in [4.78, 5) is 0. The highest BCUT2D eigenvalue weighted by atomic mass is 28.4. The van der Waals surface area contributed by atoms with E-state index >= 15 is 0 Å². The van der Waals surface area contributed by atoms with Gasteiger partial charge in [0.1, 0.15) is 6.10 Å². The van der Waals surface area contributed by atoms with E-state index in [2.05, 4.69) is 46.2 Å². The minimum atomic E-state index is -1.75. The normalized spacial score (nSPS) is 14.6. The summed E-state index contributed by atoms with van der Waals surface area (Å²) in [5.74, 6) is 0. The Hall–Kier alpha value is -0.343. The maximum Gasteiger partial charge on any atom is 0.192 e. The Balaban J connectivity index is 4.34. The van der Waals surface area contributed by atoms with E-state index in [4.69, 9.17) is 4.43 Å². The molecule has 0 aromatic rings. The smallest absolute Gasteiger partial charge is 0.192 e. The van der Waals surface area contributed by atoms with Crippen molar-refractivity contribution in [3.05, 3.63) is 17.9 Å². The third kappa shape index (κ3) is 4.35. The van der Waals surface area contributed by atoms with Crippen LogP contribution in [0.15, 0.2) is 17.9 Å². The molecule has 15 heavy (non-hydrogen) atoms. The Morgan fingerprint density at radius 3 is 2.27 bits per heavy atom. The zero-order chi connectivity index (χ0) is 12.3. The highest BCUT2D eigenvalue weighted by Crippen LogP contribution is 2.36. The fourth-order valence-electron chi connectivity index (χ4n) is 0.747. The molecule has 0 bridgehead atoms. The minimum Gasteiger partial charge on any atom is -0.414 e. The van der Waals surface area contributed by atoms with E-state index in [9.17, 15) is 5.11 Å². The van der Waals surface area contributed by atoms with Gasteiger partial charge in [-0.25, -0.2) is 0 Å². The average Bonchev–Trinajstić information content (AvgIpc) is 2.11. The van der Waals surface area contributed by atoms with Crippen molar-refractivity contribution in [3.8, 4) is 0 Å². The monoisotopic (exact) mass is 228 g/mol. The van der Waals surface area contributed by atoms with Gasteiger partial charge in [-0.2, -0.15) is 0 Å². The van der Waals surface area contributed by atoms with Crippen molar-refractivity contribution in [2.45, 2.75) is 51.9 Å². The Labute approximate surface area is 94.8 Å². The van der Waals surface area contributed by atoms with E-state index in [1.807, 2.05) is 6.92 Å². The fraction of sp³-hybridized carbons (Fsp3) is 0.750.